The van der Waals surface area contributed by atoms with E-state index in [9.17, 15) is 0 Å². The van der Waals surface area contributed by atoms with E-state index in [-0.39, 0.29) is 0 Å². The molecular formula is C19H34N6. The first-order valence-corrected chi connectivity index (χ1v) is 10.3. The van der Waals surface area contributed by atoms with Crippen molar-refractivity contribution in [1.29, 1.82) is 0 Å². The molecule has 1 aromatic heterocycles. The van der Waals surface area contributed by atoms with Gasteiger partial charge in [-0.2, -0.15) is 5.10 Å². The van der Waals surface area contributed by atoms with Gasteiger partial charge in [0.1, 0.15) is 12.2 Å². The fraction of sp³-hybridized carbons (Fsp3) is 0.842. The van der Waals surface area contributed by atoms with Crippen molar-refractivity contribution >= 4 is 5.96 Å². The highest BCUT2D eigenvalue weighted by Gasteiger charge is 2.24. The van der Waals surface area contributed by atoms with Crippen LogP contribution in [0.25, 0.3) is 0 Å². The molecule has 1 saturated carbocycles. The summed E-state index contributed by atoms with van der Waals surface area (Å²) in [6, 6.07) is 0. The fourth-order valence-corrected chi connectivity index (χ4v) is 4.23. The van der Waals surface area contributed by atoms with Crippen LogP contribution in [0.1, 0.15) is 76.5 Å². The number of unbranched alkanes of at least 4 members (excludes halogenated alkanes) is 1. The highest BCUT2D eigenvalue weighted by atomic mass is 15.3. The summed E-state index contributed by atoms with van der Waals surface area (Å²) in [5, 5.41) is 10.5. The van der Waals surface area contributed by atoms with E-state index < -0.39 is 0 Å². The average Bonchev–Trinajstić information content (AvgIpc) is 3.35. The quantitative estimate of drug-likeness (QED) is 0.451. The lowest BCUT2D eigenvalue weighted by atomic mass is 9.96. The highest BCUT2D eigenvalue weighted by molar-refractivity contribution is 5.80. The summed E-state index contributed by atoms with van der Waals surface area (Å²) in [4.78, 5) is 11.6. The molecule has 0 spiro atoms. The van der Waals surface area contributed by atoms with Crippen molar-refractivity contribution in [3.8, 4) is 0 Å². The van der Waals surface area contributed by atoms with Gasteiger partial charge in [0.25, 0.3) is 0 Å². The van der Waals surface area contributed by atoms with Gasteiger partial charge in [0.2, 0.25) is 0 Å². The second-order valence-electron chi connectivity index (χ2n) is 7.51. The van der Waals surface area contributed by atoms with Crippen LogP contribution in [0.2, 0.25) is 0 Å². The summed E-state index contributed by atoms with van der Waals surface area (Å²) < 4.78 is 0. The van der Waals surface area contributed by atoms with Gasteiger partial charge in [-0.05, 0) is 32.1 Å². The Kier molecular flexibility index (Phi) is 7.12. The minimum absolute atomic E-state index is 0.507. The van der Waals surface area contributed by atoms with E-state index in [1.807, 2.05) is 0 Å². The maximum absolute atomic E-state index is 4.88. The zero-order valence-corrected chi connectivity index (χ0v) is 15.7. The third-order valence-electron chi connectivity index (χ3n) is 5.71. The molecule has 1 saturated heterocycles. The van der Waals surface area contributed by atoms with Crippen molar-refractivity contribution in [3.05, 3.63) is 12.2 Å². The molecule has 0 unspecified atom stereocenters. The van der Waals surface area contributed by atoms with Gasteiger partial charge in [0, 0.05) is 32.1 Å². The fourth-order valence-electron chi connectivity index (χ4n) is 4.23. The van der Waals surface area contributed by atoms with Gasteiger partial charge in [-0.15, -0.1) is 0 Å². The number of aliphatic imine (C=N–C) groups is 1. The number of aromatic amines is 1. The Morgan fingerprint density at radius 2 is 2.04 bits per heavy atom. The normalized spacial score (nSPS) is 20.4. The summed E-state index contributed by atoms with van der Waals surface area (Å²) in [6.45, 7) is 6.12. The molecule has 25 heavy (non-hydrogen) atoms. The lowest BCUT2D eigenvalue weighted by Gasteiger charge is -2.33. The topological polar surface area (TPSA) is 69.2 Å². The van der Waals surface area contributed by atoms with E-state index in [0.717, 1.165) is 56.7 Å². The number of hydrogen-bond donors (Lipinski definition) is 2. The number of nitrogens with one attached hydrogen (secondary N) is 2. The number of piperidine rings is 1. The van der Waals surface area contributed by atoms with Gasteiger partial charge in [0.15, 0.2) is 5.96 Å². The number of likely N-dealkylation sites (tertiary alicyclic amines) is 1. The average molecular weight is 347 g/mol. The van der Waals surface area contributed by atoms with Crippen LogP contribution in [0.5, 0.6) is 0 Å². The van der Waals surface area contributed by atoms with Crippen LogP contribution in [0.3, 0.4) is 0 Å². The third kappa shape index (κ3) is 5.44. The van der Waals surface area contributed by atoms with Crippen LogP contribution in [-0.2, 0) is 0 Å². The van der Waals surface area contributed by atoms with Crippen LogP contribution in [0, 0.1) is 5.92 Å². The molecule has 6 nitrogen and oxygen atoms in total. The highest BCUT2D eigenvalue weighted by Crippen LogP contribution is 2.29. The van der Waals surface area contributed by atoms with Gasteiger partial charge in [-0.25, -0.2) is 4.98 Å². The zero-order valence-electron chi connectivity index (χ0n) is 15.7. The van der Waals surface area contributed by atoms with Crippen molar-refractivity contribution in [1.82, 2.24) is 25.4 Å². The maximum atomic E-state index is 4.88. The number of hydrogen-bond acceptors (Lipinski definition) is 3. The Bertz CT molecular complexity index is 498. The first-order valence-electron chi connectivity index (χ1n) is 10.3. The van der Waals surface area contributed by atoms with Crippen molar-refractivity contribution < 1.29 is 0 Å². The van der Waals surface area contributed by atoms with E-state index in [0.29, 0.717) is 5.92 Å². The third-order valence-corrected chi connectivity index (χ3v) is 5.71. The van der Waals surface area contributed by atoms with Crippen molar-refractivity contribution in [2.75, 3.05) is 26.2 Å². The van der Waals surface area contributed by atoms with Gasteiger partial charge < -0.3 is 10.2 Å². The first-order chi connectivity index (χ1) is 12.4. The summed E-state index contributed by atoms with van der Waals surface area (Å²) in [5.74, 6) is 3.65. The largest absolute Gasteiger partial charge is 0.357 e. The Morgan fingerprint density at radius 3 is 2.72 bits per heavy atom. The summed E-state index contributed by atoms with van der Waals surface area (Å²) in [7, 11) is 0. The molecular weight excluding hydrogens is 312 g/mol. The molecule has 2 N–H and O–H groups in total. The number of rotatable bonds is 7. The SMILES string of the molecule is CCNC(=NCCCCC1CCCC1)N1CCC(c2ncn[nH]2)CC1. The van der Waals surface area contributed by atoms with Crippen molar-refractivity contribution in [3.63, 3.8) is 0 Å². The molecule has 0 aromatic carbocycles. The summed E-state index contributed by atoms with van der Waals surface area (Å²) >= 11 is 0. The summed E-state index contributed by atoms with van der Waals surface area (Å²) in [5.41, 5.74) is 0. The number of nitrogens with zero attached hydrogens (tertiary/aromatic N) is 4. The molecule has 2 fully saturated rings. The van der Waals surface area contributed by atoms with Crippen LogP contribution in [0.15, 0.2) is 11.3 Å². The molecule has 140 valence electrons. The Morgan fingerprint density at radius 1 is 1.24 bits per heavy atom. The molecule has 1 aliphatic carbocycles. The minimum atomic E-state index is 0.507. The lowest BCUT2D eigenvalue weighted by molar-refractivity contribution is 0.298. The van der Waals surface area contributed by atoms with Crippen molar-refractivity contribution in [2.24, 2.45) is 10.9 Å². The Balaban J connectivity index is 1.40. The Hall–Kier alpha value is -1.59. The van der Waals surface area contributed by atoms with Crippen LogP contribution >= 0.6 is 0 Å². The predicted octanol–water partition coefficient (Wildman–Crippen LogP) is 3.31. The molecule has 2 heterocycles. The van der Waals surface area contributed by atoms with Crippen LogP contribution in [-0.4, -0.2) is 52.2 Å². The molecule has 0 radical (unpaired) electrons. The smallest absolute Gasteiger partial charge is 0.193 e. The number of guanidine groups is 1. The van der Waals surface area contributed by atoms with E-state index in [2.05, 4.69) is 32.3 Å². The van der Waals surface area contributed by atoms with Crippen molar-refractivity contribution in [2.45, 2.75) is 70.6 Å². The van der Waals surface area contributed by atoms with E-state index in [4.69, 9.17) is 4.99 Å². The molecule has 2 aliphatic rings. The van der Waals surface area contributed by atoms with Crippen LogP contribution in [0.4, 0.5) is 0 Å². The number of H-pyrrole nitrogens is 1. The molecule has 3 rings (SSSR count). The molecule has 0 atom stereocenters. The second kappa shape index (κ2) is 9.78. The second-order valence-corrected chi connectivity index (χ2v) is 7.51. The molecule has 1 aliphatic heterocycles. The first kappa shape index (κ1) is 18.2. The van der Waals surface area contributed by atoms with Gasteiger partial charge in [-0.1, -0.05) is 38.5 Å². The van der Waals surface area contributed by atoms with Crippen LogP contribution < -0.4 is 5.32 Å². The molecule has 1 aromatic rings. The van der Waals surface area contributed by atoms with Gasteiger partial charge in [0.05, 0.1) is 0 Å². The summed E-state index contributed by atoms with van der Waals surface area (Å²) in [6.07, 6.45) is 13.6. The standard InChI is InChI=1S/C19H34N6/c1-2-20-19(21-12-6-5-9-16-7-3-4-8-16)25-13-10-17(11-14-25)18-22-15-23-24-18/h15-17H,2-14H2,1H3,(H,20,21)(H,22,23,24). The zero-order chi connectivity index (χ0) is 17.3. The number of aromatic nitrogens is 3. The minimum Gasteiger partial charge on any atom is -0.357 e. The maximum Gasteiger partial charge on any atom is 0.193 e. The lowest BCUT2D eigenvalue weighted by Crippen LogP contribution is -2.45. The van der Waals surface area contributed by atoms with E-state index in [1.54, 1.807) is 6.33 Å². The van der Waals surface area contributed by atoms with Gasteiger partial charge in [-0.3, -0.25) is 10.1 Å². The van der Waals surface area contributed by atoms with E-state index in [1.165, 1.54) is 44.9 Å². The predicted molar refractivity (Wildman–Crippen MR) is 102 cm³/mol. The Labute approximate surface area is 151 Å². The monoisotopic (exact) mass is 346 g/mol. The molecule has 0 bridgehead atoms. The molecule has 6 heteroatoms. The van der Waals surface area contributed by atoms with Gasteiger partial charge >= 0.3 is 0 Å². The molecule has 0 amide bonds. The van der Waals surface area contributed by atoms with E-state index >= 15 is 0 Å².